The second-order valence-electron chi connectivity index (χ2n) is 5.94. The van der Waals surface area contributed by atoms with Gasteiger partial charge in [0, 0.05) is 23.0 Å². The van der Waals surface area contributed by atoms with Crippen molar-refractivity contribution in [2.45, 2.75) is 6.04 Å². The lowest BCUT2D eigenvalue weighted by Gasteiger charge is -2.23. The predicted octanol–water partition coefficient (Wildman–Crippen LogP) is 5.19. The maximum Gasteiger partial charge on any atom is 0.145 e. The van der Waals surface area contributed by atoms with Gasteiger partial charge in [-0.05, 0) is 34.5 Å². The number of halogens is 1. The van der Waals surface area contributed by atoms with Crippen molar-refractivity contribution in [3.63, 3.8) is 0 Å². The van der Waals surface area contributed by atoms with E-state index in [4.69, 9.17) is 11.6 Å². The largest absolute Gasteiger partial charge is 0.508 e. The molecule has 4 aromatic rings. The topological polar surface area (TPSA) is 58.0 Å². The third kappa shape index (κ3) is 3.19. The summed E-state index contributed by atoms with van der Waals surface area (Å²) in [5, 5.41) is 16.8. The molecule has 2 N–H and O–H groups in total. The number of phenolic OH excluding ortho intramolecular Hbond substituents is 1. The molecule has 0 bridgehead atoms. The highest BCUT2D eigenvalue weighted by atomic mass is 35.5. The van der Waals surface area contributed by atoms with Gasteiger partial charge in [-0.3, -0.25) is 4.98 Å². The third-order valence-corrected chi connectivity index (χ3v) is 4.55. The summed E-state index contributed by atoms with van der Waals surface area (Å²) in [4.78, 5) is 8.43. The van der Waals surface area contributed by atoms with E-state index in [1.165, 1.54) is 0 Å². The van der Waals surface area contributed by atoms with Crippen molar-refractivity contribution in [2.24, 2.45) is 0 Å². The fraction of sp³-hybridized carbons (Fsp3) is 0.0476. The van der Waals surface area contributed by atoms with Gasteiger partial charge in [-0.2, -0.15) is 0 Å². The summed E-state index contributed by atoms with van der Waals surface area (Å²) in [6.07, 6.45) is 4.91. The smallest absolute Gasteiger partial charge is 0.145 e. The van der Waals surface area contributed by atoms with Crippen LogP contribution >= 0.6 is 11.6 Å². The SMILES string of the molecule is Oc1ccc2ccccc2c1C(Nc1cnccn1)c1ccc(Cl)cc1. The van der Waals surface area contributed by atoms with Crippen LogP contribution in [0, 0.1) is 0 Å². The third-order valence-electron chi connectivity index (χ3n) is 4.30. The van der Waals surface area contributed by atoms with Gasteiger partial charge in [-0.15, -0.1) is 0 Å². The Morgan fingerprint density at radius 3 is 2.50 bits per heavy atom. The van der Waals surface area contributed by atoms with E-state index in [-0.39, 0.29) is 11.8 Å². The first-order valence-corrected chi connectivity index (χ1v) is 8.59. The number of nitrogens with zero attached hydrogens (tertiary/aromatic N) is 2. The Bertz CT molecular complexity index is 1040. The summed E-state index contributed by atoms with van der Waals surface area (Å²) in [7, 11) is 0. The highest BCUT2D eigenvalue weighted by Gasteiger charge is 2.21. The molecule has 1 aromatic heterocycles. The standard InChI is InChI=1S/C21H16ClN3O/c22-16-8-5-15(6-9-16)21(25-19-13-23-11-12-24-19)20-17-4-2-1-3-14(17)7-10-18(20)26/h1-13,21,26H,(H,24,25). The van der Waals surface area contributed by atoms with E-state index >= 15 is 0 Å². The number of aromatic nitrogens is 2. The van der Waals surface area contributed by atoms with Crippen molar-refractivity contribution in [1.29, 1.82) is 0 Å². The van der Waals surface area contributed by atoms with Crippen molar-refractivity contribution < 1.29 is 5.11 Å². The Kier molecular flexibility index (Phi) is 4.42. The fourth-order valence-electron chi connectivity index (χ4n) is 3.09. The van der Waals surface area contributed by atoms with E-state index < -0.39 is 0 Å². The lowest BCUT2D eigenvalue weighted by atomic mass is 9.92. The van der Waals surface area contributed by atoms with Crippen molar-refractivity contribution >= 4 is 28.2 Å². The zero-order valence-corrected chi connectivity index (χ0v) is 14.6. The zero-order chi connectivity index (χ0) is 17.9. The number of rotatable bonds is 4. The van der Waals surface area contributed by atoms with Crippen LogP contribution in [0.25, 0.3) is 10.8 Å². The van der Waals surface area contributed by atoms with E-state index in [0.29, 0.717) is 10.8 Å². The van der Waals surface area contributed by atoms with Crippen LogP contribution in [-0.2, 0) is 0 Å². The summed E-state index contributed by atoms with van der Waals surface area (Å²) >= 11 is 6.06. The number of nitrogens with one attached hydrogen (secondary N) is 1. The minimum Gasteiger partial charge on any atom is -0.508 e. The molecule has 0 amide bonds. The molecule has 0 aliphatic heterocycles. The van der Waals surface area contributed by atoms with Crippen LogP contribution in [0.3, 0.4) is 0 Å². The number of benzene rings is 3. The van der Waals surface area contributed by atoms with Gasteiger partial charge >= 0.3 is 0 Å². The maximum atomic E-state index is 10.7. The summed E-state index contributed by atoms with van der Waals surface area (Å²) < 4.78 is 0. The van der Waals surface area contributed by atoms with Gasteiger partial charge in [-0.25, -0.2) is 4.98 Å². The molecule has 4 rings (SSSR count). The summed E-state index contributed by atoms with van der Waals surface area (Å²) in [6, 6.07) is 18.9. The number of aromatic hydroxyl groups is 1. The van der Waals surface area contributed by atoms with Crippen molar-refractivity contribution in [1.82, 2.24) is 9.97 Å². The molecule has 0 aliphatic rings. The Labute approximate surface area is 156 Å². The molecule has 26 heavy (non-hydrogen) atoms. The van der Waals surface area contributed by atoms with Crippen LogP contribution in [0.2, 0.25) is 5.02 Å². The van der Waals surface area contributed by atoms with E-state index in [0.717, 1.165) is 21.9 Å². The van der Waals surface area contributed by atoms with Crippen LogP contribution < -0.4 is 5.32 Å². The molecule has 5 heteroatoms. The second-order valence-corrected chi connectivity index (χ2v) is 6.38. The molecule has 3 aromatic carbocycles. The number of anilines is 1. The number of fused-ring (bicyclic) bond motifs is 1. The van der Waals surface area contributed by atoms with E-state index in [1.54, 1.807) is 24.7 Å². The summed E-state index contributed by atoms with van der Waals surface area (Å²) in [5.41, 5.74) is 1.75. The molecule has 0 spiro atoms. The maximum absolute atomic E-state index is 10.7. The van der Waals surface area contributed by atoms with Gasteiger partial charge in [0.15, 0.2) is 0 Å². The molecule has 0 fully saturated rings. The van der Waals surface area contributed by atoms with E-state index in [2.05, 4.69) is 15.3 Å². The highest BCUT2D eigenvalue weighted by Crippen LogP contribution is 2.37. The molecule has 0 saturated heterocycles. The molecule has 0 radical (unpaired) electrons. The minimum absolute atomic E-state index is 0.222. The minimum atomic E-state index is -0.310. The van der Waals surface area contributed by atoms with E-state index in [9.17, 15) is 5.11 Å². The fourth-order valence-corrected chi connectivity index (χ4v) is 3.21. The van der Waals surface area contributed by atoms with Crippen LogP contribution in [0.1, 0.15) is 17.2 Å². The van der Waals surface area contributed by atoms with Crippen LogP contribution in [0.4, 0.5) is 5.82 Å². The van der Waals surface area contributed by atoms with E-state index in [1.807, 2.05) is 54.6 Å². The van der Waals surface area contributed by atoms with Gasteiger partial charge in [-0.1, -0.05) is 54.1 Å². The quantitative estimate of drug-likeness (QED) is 0.525. The van der Waals surface area contributed by atoms with Crippen molar-refractivity contribution in [2.75, 3.05) is 5.32 Å². The van der Waals surface area contributed by atoms with Gasteiger partial charge in [0.2, 0.25) is 0 Å². The summed E-state index contributed by atoms with van der Waals surface area (Å²) in [5.74, 6) is 0.847. The number of hydrogen-bond acceptors (Lipinski definition) is 4. The number of hydrogen-bond donors (Lipinski definition) is 2. The van der Waals surface area contributed by atoms with Crippen molar-refractivity contribution in [3.05, 3.63) is 95.4 Å². The first-order valence-electron chi connectivity index (χ1n) is 8.21. The average Bonchev–Trinajstić information content (AvgIpc) is 2.68. The lowest BCUT2D eigenvalue weighted by Crippen LogP contribution is -2.14. The van der Waals surface area contributed by atoms with Gasteiger partial charge < -0.3 is 10.4 Å². The molecule has 1 heterocycles. The molecular weight excluding hydrogens is 346 g/mol. The monoisotopic (exact) mass is 361 g/mol. The first kappa shape index (κ1) is 16.4. The molecule has 1 unspecified atom stereocenters. The number of phenols is 1. The zero-order valence-electron chi connectivity index (χ0n) is 13.8. The van der Waals surface area contributed by atoms with Gasteiger partial charge in [0.1, 0.15) is 11.6 Å². The summed E-state index contributed by atoms with van der Waals surface area (Å²) in [6.45, 7) is 0. The molecular formula is C21H16ClN3O. The Morgan fingerprint density at radius 2 is 1.73 bits per heavy atom. The highest BCUT2D eigenvalue weighted by molar-refractivity contribution is 6.30. The Balaban J connectivity index is 1.91. The normalized spacial score (nSPS) is 12.0. The predicted molar refractivity (Wildman–Crippen MR) is 105 cm³/mol. The molecule has 0 saturated carbocycles. The van der Waals surface area contributed by atoms with Gasteiger partial charge in [0.05, 0.1) is 12.2 Å². The molecule has 0 aliphatic carbocycles. The second kappa shape index (κ2) is 7.02. The van der Waals surface area contributed by atoms with Crippen LogP contribution in [-0.4, -0.2) is 15.1 Å². The lowest BCUT2D eigenvalue weighted by molar-refractivity contribution is 0.468. The van der Waals surface area contributed by atoms with Crippen molar-refractivity contribution in [3.8, 4) is 5.75 Å². The average molecular weight is 362 g/mol. The Morgan fingerprint density at radius 1 is 0.923 bits per heavy atom. The van der Waals surface area contributed by atoms with Gasteiger partial charge in [0.25, 0.3) is 0 Å². The molecule has 128 valence electrons. The molecule has 4 nitrogen and oxygen atoms in total. The molecule has 1 atom stereocenters. The Hall–Kier alpha value is -3.11. The first-order chi connectivity index (χ1) is 12.7. The van der Waals surface area contributed by atoms with Crippen LogP contribution in [0.5, 0.6) is 5.75 Å². The van der Waals surface area contributed by atoms with Crippen LogP contribution in [0.15, 0.2) is 79.3 Å².